The van der Waals surface area contributed by atoms with Crippen molar-refractivity contribution in [1.82, 2.24) is 19.1 Å². The van der Waals surface area contributed by atoms with Gasteiger partial charge < -0.3 is 14.5 Å². The predicted octanol–water partition coefficient (Wildman–Crippen LogP) is 3.73. The van der Waals surface area contributed by atoms with Gasteiger partial charge in [-0.15, -0.1) is 0 Å². The van der Waals surface area contributed by atoms with Crippen LogP contribution >= 0.6 is 0 Å². The highest BCUT2D eigenvalue weighted by Crippen LogP contribution is 2.23. The maximum atomic E-state index is 12.6. The van der Waals surface area contributed by atoms with Crippen LogP contribution in [0.15, 0.2) is 30.6 Å². The summed E-state index contributed by atoms with van der Waals surface area (Å²) in [5.74, 6) is 2.25. The number of aromatic nitrogens is 4. The molecular weight excluding hydrogens is 326 g/mol. The predicted molar refractivity (Wildman–Crippen MR) is 104 cm³/mol. The smallest absolute Gasteiger partial charge is 0.229 e. The van der Waals surface area contributed by atoms with E-state index in [4.69, 9.17) is 4.98 Å². The van der Waals surface area contributed by atoms with E-state index in [2.05, 4.69) is 35.6 Å². The Kier molecular flexibility index (Phi) is 5.11. The van der Waals surface area contributed by atoms with Crippen molar-refractivity contribution in [2.45, 2.75) is 46.6 Å². The van der Waals surface area contributed by atoms with E-state index in [0.29, 0.717) is 12.5 Å². The summed E-state index contributed by atoms with van der Waals surface area (Å²) >= 11 is 0. The van der Waals surface area contributed by atoms with Gasteiger partial charge in [0.15, 0.2) is 0 Å². The molecule has 0 radical (unpaired) electrons. The summed E-state index contributed by atoms with van der Waals surface area (Å²) in [6.07, 6.45) is 4.57. The number of anilines is 1. The fraction of sp³-hybridized carbons (Fsp3) is 0.450. The van der Waals surface area contributed by atoms with Gasteiger partial charge in [0.2, 0.25) is 5.91 Å². The van der Waals surface area contributed by atoms with Gasteiger partial charge in [-0.25, -0.2) is 9.97 Å². The molecule has 1 N–H and O–H groups in total. The molecular formula is C20H27N5O. The van der Waals surface area contributed by atoms with E-state index >= 15 is 0 Å². The topological polar surface area (TPSA) is 64.7 Å². The Balaban J connectivity index is 1.74. The fourth-order valence-corrected chi connectivity index (χ4v) is 3.28. The lowest BCUT2D eigenvalue weighted by atomic mass is 10.1. The van der Waals surface area contributed by atoms with Crippen LogP contribution in [0.3, 0.4) is 0 Å². The lowest BCUT2D eigenvalue weighted by Gasteiger charge is -2.14. The molecule has 1 aromatic carbocycles. The van der Waals surface area contributed by atoms with E-state index in [0.717, 1.165) is 34.8 Å². The first kappa shape index (κ1) is 18.2. The number of benzene rings is 1. The maximum absolute atomic E-state index is 12.6. The zero-order valence-corrected chi connectivity index (χ0v) is 16.2. The van der Waals surface area contributed by atoms with Crippen LogP contribution in [0, 0.1) is 5.92 Å². The lowest BCUT2D eigenvalue weighted by Crippen LogP contribution is -2.24. The molecule has 0 aliphatic heterocycles. The molecule has 0 fully saturated rings. The highest BCUT2D eigenvalue weighted by atomic mass is 16.1. The van der Waals surface area contributed by atoms with Gasteiger partial charge in [0.25, 0.3) is 0 Å². The first-order valence-corrected chi connectivity index (χ1v) is 9.18. The van der Waals surface area contributed by atoms with E-state index in [1.807, 2.05) is 42.9 Å². The molecule has 3 aromatic rings. The number of rotatable bonds is 6. The standard InChI is InChI=1S/C20H27N5O/c1-6-18-21-9-10-25(18)12-14(4)20(26)22-15-7-8-17-16(11-15)23-19(13(2)3)24(17)5/h7-11,13-14H,6,12H2,1-5H3,(H,22,26)/t14-/m1/s1. The molecule has 0 saturated carbocycles. The quantitative estimate of drug-likeness (QED) is 0.734. The van der Waals surface area contributed by atoms with Gasteiger partial charge in [0, 0.05) is 44.0 Å². The SMILES string of the molecule is CCc1nccn1C[C@@H](C)C(=O)Nc1ccc2c(c1)nc(C(C)C)n2C. The second kappa shape index (κ2) is 7.32. The van der Waals surface area contributed by atoms with E-state index in [1.165, 1.54) is 0 Å². The number of hydrogen-bond acceptors (Lipinski definition) is 3. The maximum Gasteiger partial charge on any atom is 0.229 e. The number of fused-ring (bicyclic) bond motifs is 1. The summed E-state index contributed by atoms with van der Waals surface area (Å²) in [6, 6.07) is 5.90. The summed E-state index contributed by atoms with van der Waals surface area (Å²) in [5, 5.41) is 3.02. The number of carbonyl (C=O) groups excluding carboxylic acids is 1. The molecule has 0 spiro atoms. The summed E-state index contributed by atoms with van der Waals surface area (Å²) in [4.78, 5) is 21.6. The van der Waals surface area contributed by atoms with E-state index in [-0.39, 0.29) is 11.8 Å². The van der Waals surface area contributed by atoms with Crippen molar-refractivity contribution in [1.29, 1.82) is 0 Å². The normalized spacial score (nSPS) is 12.7. The Hall–Kier alpha value is -2.63. The third-order valence-electron chi connectivity index (χ3n) is 4.74. The van der Waals surface area contributed by atoms with Gasteiger partial charge in [-0.2, -0.15) is 0 Å². The Bertz CT molecular complexity index is 922. The Morgan fingerprint density at radius 3 is 2.73 bits per heavy atom. The summed E-state index contributed by atoms with van der Waals surface area (Å²) in [6.45, 7) is 8.89. The average Bonchev–Trinajstić information content (AvgIpc) is 3.18. The number of carbonyl (C=O) groups is 1. The van der Waals surface area contributed by atoms with Gasteiger partial charge in [0.1, 0.15) is 11.6 Å². The van der Waals surface area contributed by atoms with E-state index in [1.54, 1.807) is 6.20 Å². The number of nitrogens with zero attached hydrogens (tertiary/aromatic N) is 4. The Morgan fingerprint density at radius 1 is 1.27 bits per heavy atom. The lowest BCUT2D eigenvalue weighted by molar-refractivity contribution is -0.119. The monoisotopic (exact) mass is 353 g/mol. The van der Waals surface area contributed by atoms with Crippen LogP contribution in [-0.2, 0) is 24.8 Å². The molecule has 1 amide bonds. The van der Waals surface area contributed by atoms with Crippen molar-refractivity contribution in [2.24, 2.45) is 13.0 Å². The molecule has 3 rings (SSSR count). The van der Waals surface area contributed by atoms with Crippen LogP contribution in [0.5, 0.6) is 0 Å². The molecule has 0 saturated heterocycles. The Labute approximate surface area is 154 Å². The van der Waals surface area contributed by atoms with E-state index < -0.39 is 0 Å². The second-order valence-electron chi connectivity index (χ2n) is 7.13. The van der Waals surface area contributed by atoms with Crippen molar-refractivity contribution in [3.8, 4) is 0 Å². The van der Waals surface area contributed by atoms with Crippen LogP contribution in [0.25, 0.3) is 11.0 Å². The van der Waals surface area contributed by atoms with Crippen LogP contribution in [0.1, 0.15) is 45.3 Å². The first-order valence-electron chi connectivity index (χ1n) is 9.18. The minimum atomic E-state index is -0.153. The van der Waals surface area contributed by atoms with Crippen LogP contribution in [0.4, 0.5) is 5.69 Å². The molecule has 2 heterocycles. The number of nitrogens with one attached hydrogen (secondary N) is 1. The Morgan fingerprint density at radius 2 is 2.04 bits per heavy atom. The molecule has 1 atom stereocenters. The highest BCUT2D eigenvalue weighted by molar-refractivity contribution is 5.94. The molecule has 0 bridgehead atoms. The van der Waals surface area contributed by atoms with Crippen molar-refractivity contribution in [3.63, 3.8) is 0 Å². The van der Waals surface area contributed by atoms with Crippen molar-refractivity contribution < 1.29 is 4.79 Å². The zero-order valence-electron chi connectivity index (χ0n) is 16.2. The fourth-order valence-electron chi connectivity index (χ4n) is 3.28. The van der Waals surface area contributed by atoms with Gasteiger partial charge in [-0.1, -0.05) is 27.7 Å². The average molecular weight is 353 g/mol. The molecule has 26 heavy (non-hydrogen) atoms. The van der Waals surface area contributed by atoms with Crippen molar-refractivity contribution >= 4 is 22.6 Å². The largest absolute Gasteiger partial charge is 0.334 e. The molecule has 6 nitrogen and oxygen atoms in total. The minimum Gasteiger partial charge on any atom is -0.334 e. The molecule has 0 aliphatic carbocycles. The highest BCUT2D eigenvalue weighted by Gasteiger charge is 2.16. The van der Waals surface area contributed by atoms with Gasteiger partial charge in [-0.05, 0) is 18.2 Å². The number of hydrogen-bond donors (Lipinski definition) is 1. The molecule has 0 aliphatic rings. The number of imidazole rings is 2. The molecule has 0 unspecified atom stereocenters. The molecule has 2 aromatic heterocycles. The minimum absolute atomic E-state index is 0.000109. The first-order chi connectivity index (χ1) is 12.4. The second-order valence-corrected chi connectivity index (χ2v) is 7.13. The van der Waals surface area contributed by atoms with Gasteiger partial charge in [-0.3, -0.25) is 4.79 Å². The van der Waals surface area contributed by atoms with Crippen LogP contribution < -0.4 is 5.32 Å². The summed E-state index contributed by atoms with van der Waals surface area (Å²) in [5.41, 5.74) is 2.76. The van der Waals surface area contributed by atoms with Crippen molar-refractivity contribution in [2.75, 3.05) is 5.32 Å². The zero-order chi connectivity index (χ0) is 18.8. The van der Waals surface area contributed by atoms with Gasteiger partial charge >= 0.3 is 0 Å². The van der Waals surface area contributed by atoms with Crippen LogP contribution in [0.2, 0.25) is 0 Å². The molecule has 6 heteroatoms. The molecule has 138 valence electrons. The number of amides is 1. The summed E-state index contributed by atoms with van der Waals surface area (Å²) < 4.78 is 4.15. The van der Waals surface area contributed by atoms with Crippen molar-refractivity contribution in [3.05, 3.63) is 42.2 Å². The third kappa shape index (κ3) is 3.49. The van der Waals surface area contributed by atoms with E-state index in [9.17, 15) is 4.79 Å². The van der Waals surface area contributed by atoms with Gasteiger partial charge in [0.05, 0.1) is 17.0 Å². The number of aryl methyl sites for hydroxylation is 2. The van der Waals surface area contributed by atoms with Crippen LogP contribution in [-0.4, -0.2) is 25.0 Å². The summed E-state index contributed by atoms with van der Waals surface area (Å²) in [7, 11) is 2.03. The third-order valence-corrected chi connectivity index (χ3v) is 4.74.